The predicted molar refractivity (Wildman–Crippen MR) is 81.7 cm³/mol. The number of aromatic nitrogens is 2. The molecule has 3 aromatic rings. The molecule has 0 atom stereocenters. The third-order valence-electron chi connectivity index (χ3n) is 3.17. The number of hydrogen-bond acceptors (Lipinski definition) is 3. The van der Waals surface area contributed by atoms with E-state index in [1.807, 2.05) is 6.07 Å². The molecule has 0 aliphatic rings. The van der Waals surface area contributed by atoms with E-state index in [1.54, 1.807) is 30.6 Å². The highest BCUT2D eigenvalue weighted by molar-refractivity contribution is 9.10. The molecule has 0 amide bonds. The first-order valence-corrected chi connectivity index (χ1v) is 7.11. The molecule has 1 aromatic heterocycles. The van der Waals surface area contributed by atoms with Crippen LogP contribution in [-0.2, 0) is 6.42 Å². The van der Waals surface area contributed by atoms with Gasteiger partial charge in [-0.2, -0.15) is 0 Å². The van der Waals surface area contributed by atoms with E-state index < -0.39 is 0 Å². The summed E-state index contributed by atoms with van der Waals surface area (Å²) in [7, 11) is 0. The number of carbonyl (C=O) groups excluding carboxylic acids is 1. The van der Waals surface area contributed by atoms with Gasteiger partial charge in [0.05, 0.1) is 11.0 Å². The van der Waals surface area contributed by atoms with Crippen LogP contribution in [0.5, 0.6) is 0 Å². The smallest absolute Gasteiger partial charge is 0.169 e. The van der Waals surface area contributed by atoms with E-state index in [-0.39, 0.29) is 18.0 Å². The summed E-state index contributed by atoms with van der Waals surface area (Å²) in [6.07, 6.45) is 3.33. The monoisotopic (exact) mass is 344 g/mol. The average molecular weight is 345 g/mol. The van der Waals surface area contributed by atoms with E-state index in [1.165, 1.54) is 12.1 Å². The van der Waals surface area contributed by atoms with E-state index in [4.69, 9.17) is 0 Å². The third kappa shape index (κ3) is 2.83. The lowest BCUT2D eigenvalue weighted by atomic mass is 10.0. The summed E-state index contributed by atoms with van der Waals surface area (Å²) in [5, 5.41) is 0. The molecule has 0 aliphatic heterocycles. The first-order valence-electron chi connectivity index (χ1n) is 6.32. The summed E-state index contributed by atoms with van der Waals surface area (Å²) in [6, 6.07) is 9.63. The number of halogens is 2. The number of rotatable bonds is 3. The Morgan fingerprint density at radius 1 is 1.14 bits per heavy atom. The fraction of sp³-hybridized carbons (Fsp3) is 0.0625. The van der Waals surface area contributed by atoms with E-state index in [0.29, 0.717) is 21.1 Å². The molecular weight excluding hydrogens is 335 g/mol. The van der Waals surface area contributed by atoms with Gasteiger partial charge in [0.25, 0.3) is 0 Å². The van der Waals surface area contributed by atoms with Gasteiger partial charge in [-0.15, -0.1) is 0 Å². The van der Waals surface area contributed by atoms with Crippen molar-refractivity contribution in [1.82, 2.24) is 9.97 Å². The van der Waals surface area contributed by atoms with Crippen molar-refractivity contribution in [3.63, 3.8) is 0 Å². The van der Waals surface area contributed by atoms with Crippen LogP contribution in [0.4, 0.5) is 4.39 Å². The second kappa shape index (κ2) is 5.69. The number of carbonyl (C=O) groups is 1. The fourth-order valence-electron chi connectivity index (χ4n) is 2.15. The molecule has 3 nitrogen and oxygen atoms in total. The molecule has 21 heavy (non-hydrogen) atoms. The van der Waals surface area contributed by atoms with Crippen LogP contribution in [-0.4, -0.2) is 15.8 Å². The van der Waals surface area contributed by atoms with Gasteiger partial charge >= 0.3 is 0 Å². The van der Waals surface area contributed by atoms with Gasteiger partial charge in [-0.25, -0.2) is 4.39 Å². The van der Waals surface area contributed by atoms with Crippen LogP contribution in [0.1, 0.15) is 15.9 Å². The highest BCUT2D eigenvalue weighted by Crippen LogP contribution is 2.21. The zero-order valence-corrected chi connectivity index (χ0v) is 12.5. The standard InChI is InChI=1S/C16H10BrFN2O/c17-13-9-11(18)5-4-10(13)8-15(21)12-2-1-3-14-16(12)20-7-6-19-14/h1-7,9H,8H2. The molecule has 2 aromatic carbocycles. The zero-order chi connectivity index (χ0) is 14.8. The van der Waals surface area contributed by atoms with E-state index in [0.717, 1.165) is 5.56 Å². The molecule has 0 saturated carbocycles. The Kier molecular flexibility index (Phi) is 3.75. The summed E-state index contributed by atoms with van der Waals surface area (Å²) >= 11 is 3.28. The zero-order valence-electron chi connectivity index (χ0n) is 10.9. The first kappa shape index (κ1) is 13.8. The van der Waals surface area contributed by atoms with Gasteiger partial charge < -0.3 is 0 Å². The minimum atomic E-state index is -0.339. The summed E-state index contributed by atoms with van der Waals surface area (Å²) in [5.41, 5.74) is 2.53. The molecule has 0 unspecified atom stereocenters. The Bertz CT molecular complexity index is 830. The lowest BCUT2D eigenvalue weighted by molar-refractivity contribution is 0.0994. The van der Waals surface area contributed by atoms with Crippen LogP contribution in [0.25, 0.3) is 11.0 Å². The number of fused-ring (bicyclic) bond motifs is 1. The highest BCUT2D eigenvalue weighted by atomic mass is 79.9. The number of Topliss-reactive ketones (excluding diaryl/α,β-unsaturated/α-hetero) is 1. The summed E-state index contributed by atoms with van der Waals surface area (Å²) < 4.78 is 13.7. The summed E-state index contributed by atoms with van der Waals surface area (Å²) in [4.78, 5) is 20.9. The van der Waals surface area contributed by atoms with Gasteiger partial charge in [0.15, 0.2) is 5.78 Å². The maximum absolute atomic E-state index is 13.1. The van der Waals surface area contributed by atoms with Crippen molar-refractivity contribution in [3.8, 4) is 0 Å². The van der Waals surface area contributed by atoms with Crippen LogP contribution in [0.15, 0.2) is 53.3 Å². The third-order valence-corrected chi connectivity index (χ3v) is 3.90. The Hall–Kier alpha value is -2.14. The number of nitrogens with zero attached hydrogens (tertiary/aromatic N) is 2. The van der Waals surface area contributed by atoms with Gasteiger partial charge in [-0.05, 0) is 29.8 Å². The Balaban J connectivity index is 1.97. The van der Waals surface area contributed by atoms with E-state index in [9.17, 15) is 9.18 Å². The SMILES string of the molecule is O=C(Cc1ccc(F)cc1Br)c1cccc2nccnc12. The number of benzene rings is 2. The quantitative estimate of drug-likeness (QED) is 0.675. The molecule has 104 valence electrons. The molecule has 3 rings (SSSR count). The van der Waals surface area contributed by atoms with Crippen LogP contribution >= 0.6 is 15.9 Å². The second-order valence-electron chi connectivity index (χ2n) is 4.57. The lowest BCUT2D eigenvalue weighted by Gasteiger charge is -2.06. The molecule has 0 fully saturated rings. The van der Waals surface area contributed by atoms with Crippen LogP contribution < -0.4 is 0 Å². The number of para-hydroxylation sites is 1. The summed E-state index contributed by atoms with van der Waals surface area (Å²) in [6.45, 7) is 0. The van der Waals surface area contributed by atoms with Gasteiger partial charge in [0, 0.05) is 28.9 Å². The molecule has 0 radical (unpaired) electrons. The van der Waals surface area contributed by atoms with Crippen molar-refractivity contribution in [2.45, 2.75) is 6.42 Å². The minimum Gasteiger partial charge on any atom is -0.294 e. The Morgan fingerprint density at radius 2 is 1.95 bits per heavy atom. The molecule has 0 spiro atoms. The molecule has 0 bridgehead atoms. The molecule has 0 saturated heterocycles. The molecule has 1 heterocycles. The first-order chi connectivity index (χ1) is 10.1. The topological polar surface area (TPSA) is 42.9 Å². The maximum atomic E-state index is 13.1. The lowest BCUT2D eigenvalue weighted by Crippen LogP contribution is -2.06. The predicted octanol–water partition coefficient (Wildman–Crippen LogP) is 3.96. The minimum absolute atomic E-state index is 0.0755. The van der Waals surface area contributed by atoms with E-state index >= 15 is 0 Å². The Morgan fingerprint density at radius 3 is 2.76 bits per heavy atom. The molecule has 0 aliphatic carbocycles. The maximum Gasteiger partial charge on any atom is 0.169 e. The van der Waals surface area contributed by atoms with Gasteiger partial charge in [0.1, 0.15) is 5.82 Å². The van der Waals surface area contributed by atoms with Gasteiger partial charge in [-0.3, -0.25) is 14.8 Å². The van der Waals surface area contributed by atoms with Crippen molar-refractivity contribution in [3.05, 3.63) is 70.2 Å². The number of ketones is 1. The average Bonchev–Trinajstić information content (AvgIpc) is 2.49. The normalized spacial score (nSPS) is 10.8. The Labute approximate surface area is 129 Å². The van der Waals surface area contributed by atoms with Crippen LogP contribution in [0.3, 0.4) is 0 Å². The van der Waals surface area contributed by atoms with Crippen LogP contribution in [0, 0.1) is 5.82 Å². The van der Waals surface area contributed by atoms with Crippen molar-refractivity contribution in [1.29, 1.82) is 0 Å². The van der Waals surface area contributed by atoms with Crippen molar-refractivity contribution < 1.29 is 9.18 Å². The van der Waals surface area contributed by atoms with Crippen molar-refractivity contribution >= 4 is 32.7 Å². The number of hydrogen-bond donors (Lipinski definition) is 0. The molecular formula is C16H10BrFN2O. The molecule has 0 N–H and O–H groups in total. The molecule has 5 heteroatoms. The van der Waals surface area contributed by atoms with Gasteiger partial charge in [-0.1, -0.05) is 28.1 Å². The highest BCUT2D eigenvalue weighted by Gasteiger charge is 2.14. The van der Waals surface area contributed by atoms with Crippen molar-refractivity contribution in [2.24, 2.45) is 0 Å². The fourth-order valence-corrected chi connectivity index (χ4v) is 2.64. The largest absolute Gasteiger partial charge is 0.294 e. The second-order valence-corrected chi connectivity index (χ2v) is 5.42. The van der Waals surface area contributed by atoms with E-state index in [2.05, 4.69) is 25.9 Å². The van der Waals surface area contributed by atoms with Gasteiger partial charge in [0.2, 0.25) is 0 Å². The van der Waals surface area contributed by atoms with Crippen LogP contribution in [0.2, 0.25) is 0 Å². The van der Waals surface area contributed by atoms with Crippen molar-refractivity contribution in [2.75, 3.05) is 0 Å². The summed E-state index contributed by atoms with van der Waals surface area (Å²) in [5.74, 6) is -0.414.